The van der Waals surface area contributed by atoms with Gasteiger partial charge in [-0.15, -0.1) is 0 Å². The van der Waals surface area contributed by atoms with Crippen molar-refractivity contribution in [2.75, 3.05) is 13.1 Å². The Labute approximate surface area is 107 Å². The Balaban J connectivity index is 1.85. The van der Waals surface area contributed by atoms with E-state index in [1.165, 1.54) is 51.5 Å². The molecule has 2 N–H and O–H groups in total. The van der Waals surface area contributed by atoms with E-state index in [9.17, 15) is 0 Å². The van der Waals surface area contributed by atoms with Gasteiger partial charge < -0.3 is 5.73 Å². The molecule has 2 fully saturated rings. The van der Waals surface area contributed by atoms with Gasteiger partial charge in [-0.3, -0.25) is 4.90 Å². The van der Waals surface area contributed by atoms with E-state index in [2.05, 4.69) is 18.7 Å². The third-order valence-electron chi connectivity index (χ3n) is 4.60. The first-order valence-corrected chi connectivity index (χ1v) is 7.66. The lowest BCUT2D eigenvalue weighted by atomic mass is 9.78. The van der Waals surface area contributed by atoms with Crippen molar-refractivity contribution in [1.29, 1.82) is 0 Å². The normalized spacial score (nSPS) is 32.5. The Morgan fingerprint density at radius 1 is 1.12 bits per heavy atom. The van der Waals surface area contributed by atoms with Crippen LogP contribution in [0, 0.1) is 11.8 Å². The van der Waals surface area contributed by atoms with Crippen molar-refractivity contribution in [2.45, 2.75) is 70.9 Å². The minimum absolute atomic E-state index is 0.385. The smallest absolute Gasteiger partial charge is 0.0170 e. The van der Waals surface area contributed by atoms with Gasteiger partial charge in [0.25, 0.3) is 0 Å². The van der Waals surface area contributed by atoms with Crippen molar-refractivity contribution in [3.63, 3.8) is 0 Å². The number of likely N-dealkylation sites (tertiary alicyclic amines) is 1. The molecule has 1 saturated heterocycles. The molecule has 1 saturated carbocycles. The first-order chi connectivity index (χ1) is 8.16. The fraction of sp³-hybridized carbons (Fsp3) is 1.00. The van der Waals surface area contributed by atoms with Crippen LogP contribution in [0.4, 0.5) is 0 Å². The Hall–Kier alpha value is -0.0800. The van der Waals surface area contributed by atoms with Gasteiger partial charge in [-0.2, -0.15) is 0 Å². The monoisotopic (exact) mass is 238 g/mol. The van der Waals surface area contributed by atoms with E-state index >= 15 is 0 Å². The molecule has 100 valence electrons. The molecule has 1 heterocycles. The van der Waals surface area contributed by atoms with Crippen molar-refractivity contribution in [2.24, 2.45) is 17.6 Å². The number of nitrogens with zero attached hydrogens (tertiary/aromatic N) is 1. The molecule has 2 heteroatoms. The van der Waals surface area contributed by atoms with E-state index in [0.717, 1.165) is 24.4 Å². The predicted octanol–water partition coefficient (Wildman–Crippen LogP) is 3.01. The van der Waals surface area contributed by atoms with Crippen LogP contribution in [0.5, 0.6) is 0 Å². The number of hydrogen-bond donors (Lipinski definition) is 1. The van der Waals surface area contributed by atoms with Gasteiger partial charge in [-0.05, 0) is 50.5 Å². The van der Waals surface area contributed by atoms with Crippen molar-refractivity contribution in [3.05, 3.63) is 0 Å². The number of fused-ring (bicyclic) bond motifs is 1. The average Bonchev–Trinajstić information content (AvgIpc) is 2.28. The lowest BCUT2D eigenvalue weighted by Crippen LogP contribution is -2.51. The van der Waals surface area contributed by atoms with Gasteiger partial charge in [-0.1, -0.05) is 26.7 Å². The van der Waals surface area contributed by atoms with E-state index in [1.54, 1.807) is 0 Å². The zero-order chi connectivity index (χ0) is 12.3. The van der Waals surface area contributed by atoms with Crippen molar-refractivity contribution < 1.29 is 0 Å². The van der Waals surface area contributed by atoms with Gasteiger partial charge in [0.15, 0.2) is 0 Å². The number of rotatable bonds is 4. The van der Waals surface area contributed by atoms with Crippen LogP contribution >= 0.6 is 0 Å². The minimum Gasteiger partial charge on any atom is -0.327 e. The predicted molar refractivity (Wildman–Crippen MR) is 74.0 cm³/mol. The molecule has 2 aliphatic rings. The van der Waals surface area contributed by atoms with Gasteiger partial charge in [0, 0.05) is 18.6 Å². The first-order valence-electron chi connectivity index (χ1n) is 7.66. The van der Waals surface area contributed by atoms with Gasteiger partial charge in [0.1, 0.15) is 0 Å². The first kappa shape index (κ1) is 13.4. The van der Waals surface area contributed by atoms with Crippen LogP contribution < -0.4 is 5.73 Å². The second kappa shape index (κ2) is 6.19. The van der Waals surface area contributed by atoms with Gasteiger partial charge >= 0.3 is 0 Å². The topological polar surface area (TPSA) is 29.3 Å². The number of nitrogens with two attached hydrogens (primary N) is 1. The maximum atomic E-state index is 6.29. The molecule has 17 heavy (non-hydrogen) atoms. The summed E-state index contributed by atoms with van der Waals surface area (Å²) in [6.45, 7) is 6.99. The molecule has 3 atom stereocenters. The summed E-state index contributed by atoms with van der Waals surface area (Å²) >= 11 is 0. The molecule has 0 radical (unpaired) electrons. The third-order valence-corrected chi connectivity index (χ3v) is 4.60. The SMILES string of the molecule is CC(C)C[C@H](N)CN1CCC[C@H]2CCCC[C@H]21. The largest absolute Gasteiger partial charge is 0.327 e. The van der Waals surface area contributed by atoms with E-state index in [-0.39, 0.29) is 0 Å². The maximum Gasteiger partial charge on any atom is 0.0170 e. The maximum absolute atomic E-state index is 6.29. The fourth-order valence-electron chi connectivity index (χ4n) is 3.94. The summed E-state index contributed by atoms with van der Waals surface area (Å²) in [5.41, 5.74) is 6.29. The molecular weight excluding hydrogens is 208 g/mol. The third kappa shape index (κ3) is 3.69. The average molecular weight is 238 g/mol. The molecule has 0 aromatic heterocycles. The quantitative estimate of drug-likeness (QED) is 0.816. The highest BCUT2D eigenvalue weighted by Crippen LogP contribution is 2.35. The van der Waals surface area contributed by atoms with E-state index in [1.807, 2.05) is 0 Å². The van der Waals surface area contributed by atoms with Crippen LogP contribution in [-0.4, -0.2) is 30.1 Å². The standard InChI is InChI=1S/C15H30N2/c1-12(2)10-14(16)11-17-9-5-7-13-6-3-4-8-15(13)17/h12-15H,3-11,16H2,1-2H3/t13-,14+,15-/m1/s1. The fourth-order valence-corrected chi connectivity index (χ4v) is 3.94. The van der Waals surface area contributed by atoms with Crippen molar-refractivity contribution >= 4 is 0 Å². The molecule has 0 unspecified atom stereocenters. The molecule has 0 spiro atoms. The van der Waals surface area contributed by atoms with Crippen LogP contribution in [0.3, 0.4) is 0 Å². The van der Waals surface area contributed by atoms with Crippen LogP contribution in [0.25, 0.3) is 0 Å². The molecule has 1 aliphatic carbocycles. The summed E-state index contributed by atoms with van der Waals surface area (Å²) in [5, 5.41) is 0. The molecule has 2 nitrogen and oxygen atoms in total. The Morgan fingerprint density at radius 2 is 1.82 bits per heavy atom. The van der Waals surface area contributed by atoms with E-state index < -0.39 is 0 Å². The summed E-state index contributed by atoms with van der Waals surface area (Å²) in [6, 6.07) is 1.26. The lowest BCUT2D eigenvalue weighted by Gasteiger charge is -2.45. The molecule has 0 bridgehead atoms. The van der Waals surface area contributed by atoms with Crippen LogP contribution in [0.15, 0.2) is 0 Å². The Kier molecular flexibility index (Phi) is 4.87. The van der Waals surface area contributed by atoms with Gasteiger partial charge in [0.2, 0.25) is 0 Å². The summed E-state index contributed by atoms with van der Waals surface area (Å²) in [6.07, 6.45) is 9.85. The zero-order valence-electron chi connectivity index (χ0n) is 11.7. The van der Waals surface area contributed by atoms with Crippen molar-refractivity contribution in [3.8, 4) is 0 Å². The summed E-state index contributed by atoms with van der Waals surface area (Å²) in [7, 11) is 0. The second-order valence-corrected chi connectivity index (χ2v) is 6.64. The van der Waals surface area contributed by atoms with Crippen LogP contribution in [0.1, 0.15) is 58.8 Å². The summed E-state index contributed by atoms with van der Waals surface area (Å²) in [5.74, 6) is 1.72. The summed E-state index contributed by atoms with van der Waals surface area (Å²) in [4.78, 5) is 2.72. The molecule has 2 rings (SSSR count). The number of hydrogen-bond acceptors (Lipinski definition) is 2. The Bertz CT molecular complexity index is 225. The van der Waals surface area contributed by atoms with Gasteiger partial charge in [0.05, 0.1) is 0 Å². The molecule has 0 aromatic carbocycles. The molecular formula is C15H30N2. The van der Waals surface area contributed by atoms with Crippen molar-refractivity contribution in [1.82, 2.24) is 4.90 Å². The van der Waals surface area contributed by atoms with Gasteiger partial charge in [-0.25, -0.2) is 0 Å². The molecule has 0 aromatic rings. The molecule has 0 amide bonds. The number of piperidine rings is 1. The van der Waals surface area contributed by atoms with E-state index in [4.69, 9.17) is 5.73 Å². The van der Waals surface area contributed by atoms with Crippen LogP contribution in [0.2, 0.25) is 0 Å². The van der Waals surface area contributed by atoms with E-state index in [0.29, 0.717) is 6.04 Å². The lowest BCUT2D eigenvalue weighted by molar-refractivity contribution is 0.0546. The van der Waals surface area contributed by atoms with Crippen LogP contribution in [-0.2, 0) is 0 Å². The highest BCUT2D eigenvalue weighted by Gasteiger charge is 2.33. The second-order valence-electron chi connectivity index (χ2n) is 6.64. The summed E-state index contributed by atoms with van der Waals surface area (Å²) < 4.78 is 0. The highest BCUT2D eigenvalue weighted by atomic mass is 15.2. The minimum atomic E-state index is 0.385. The Morgan fingerprint density at radius 3 is 2.59 bits per heavy atom. The highest BCUT2D eigenvalue weighted by molar-refractivity contribution is 4.88. The molecule has 1 aliphatic heterocycles. The zero-order valence-corrected chi connectivity index (χ0v) is 11.7.